The van der Waals surface area contributed by atoms with E-state index in [0.717, 1.165) is 5.56 Å². The molecule has 2 heterocycles. The number of nitrogens with zero attached hydrogens (tertiary/aromatic N) is 6. The van der Waals surface area contributed by atoms with Crippen molar-refractivity contribution in [2.45, 2.75) is 45.1 Å². The van der Waals surface area contributed by atoms with Crippen molar-refractivity contribution in [3.05, 3.63) is 77.5 Å². The summed E-state index contributed by atoms with van der Waals surface area (Å²) in [7, 11) is 0. The summed E-state index contributed by atoms with van der Waals surface area (Å²) in [6.45, 7) is 13.3. The van der Waals surface area contributed by atoms with Crippen molar-refractivity contribution in [1.82, 2.24) is 30.5 Å². The molecule has 0 unspecified atom stereocenters. The van der Waals surface area contributed by atoms with Gasteiger partial charge >= 0.3 is 6.09 Å². The highest BCUT2D eigenvalue weighted by molar-refractivity contribution is 5.68. The molecule has 0 aliphatic heterocycles. The average molecular weight is 480 g/mol. The van der Waals surface area contributed by atoms with Crippen LogP contribution in [0.5, 0.6) is 5.88 Å². The molecule has 184 valence electrons. The normalized spacial score (nSPS) is 12.9. The first kappa shape index (κ1) is 25.6. The monoisotopic (exact) mass is 479 g/mol. The number of alkyl carbamates (subject to hydrolysis) is 1. The predicted octanol–water partition coefficient (Wildman–Crippen LogP) is 3.39. The molecule has 0 saturated carbocycles. The zero-order chi connectivity index (χ0) is 25.1. The fraction of sp³-hybridized carbons (Fsp3) is 0.417. The van der Waals surface area contributed by atoms with Crippen molar-refractivity contribution in [3.8, 4) is 5.88 Å². The fourth-order valence-electron chi connectivity index (χ4n) is 3.11. The van der Waals surface area contributed by atoms with Gasteiger partial charge in [0.2, 0.25) is 12.4 Å². The first-order chi connectivity index (χ1) is 16.9. The number of benzene rings is 1. The van der Waals surface area contributed by atoms with Crippen LogP contribution in [-0.2, 0) is 16.1 Å². The lowest BCUT2D eigenvalue weighted by Crippen LogP contribution is -2.38. The van der Waals surface area contributed by atoms with Crippen molar-refractivity contribution in [2.24, 2.45) is 0 Å². The number of rotatable bonds is 11. The van der Waals surface area contributed by atoms with Crippen LogP contribution >= 0.6 is 0 Å². The maximum Gasteiger partial charge on any atom is 0.408 e. The van der Waals surface area contributed by atoms with Gasteiger partial charge in [0, 0.05) is 12.3 Å². The van der Waals surface area contributed by atoms with E-state index in [4.69, 9.17) is 20.8 Å². The SMILES string of the molecule is [C-]#[N+]C[C@H](COc1ccccn1)n1nnnc1[C@@H](COCc1ccccc1)NC(=O)OC(C)(C)C. The van der Waals surface area contributed by atoms with Crippen molar-refractivity contribution < 1.29 is 19.0 Å². The van der Waals surface area contributed by atoms with Gasteiger partial charge in [0.25, 0.3) is 0 Å². The first-order valence-electron chi connectivity index (χ1n) is 11.1. The number of aromatic nitrogens is 5. The number of tetrazole rings is 1. The van der Waals surface area contributed by atoms with E-state index in [0.29, 0.717) is 18.3 Å². The third-order valence-corrected chi connectivity index (χ3v) is 4.63. The van der Waals surface area contributed by atoms with Gasteiger partial charge < -0.3 is 24.4 Å². The maximum absolute atomic E-state index is 12.6. The molecule has 1 N–H and O–H groups in total. The van der Waals surface area contributed by atoms with Gasteiger partial charge in [-0.15, -0.1) is 5.10 Å². The lowest BCUT2D eigenvalue weighted by Gasteiger charge is -2.24. The Kier molecular flexibility index (Phi) is 9.09. The van der Waals surface area contributed by atoms with E-state index in [-0.39, 0.29) is 19.8 Å². The second-order valence-corrected chi connectivity index (χ2v) is 8.65. The highest BCUT2D eigenvalue weighted by Gasteiger charge is 2.29. The van der Waals surface area contributed by atoms with Gasteiger partial charge in [-0.25, -0.2) is 21.0 Å². The third kappa shape index (κ3) is 8.35. The predicted molar refractivity (Wildman–Crippen MR) is 126 cm³/mol. The Morgan fingerprint density at radius 3 is 2.60 bits per heavy atom. The van der Waals surface area contributed by atoms with Gasteiger partial charge in [-0.2, -0.15) is 0 Å². The molecular formula is C24H29N7O4. The van der Waals surface area contributed by atoms with Crippen LogP contribution in [0.3, 0.4) is 0 Å². The topological polar surface area (TPSA) is 118 Å². The third-order valence-electron chi connectivity index (χ3n) is 4.63. The van der Waals surface area contributed by atoms with Gasteiger partial charge in [0.1, 0.15) is 18.2 Å². The number of amides is 1. The van der Waals surface area contributed by atoms with Crippen molar-refractivity contribution in [2.75, 3.05) is 19.8 Å². The molecule has 11 heteroatoms. The molecule has 0 bridgehead atoms. The van der Waals surface area contributed by atoms with Crippen LogP contribution in [0.2, 0.25) is 0 Å². The molecule has 35 heavy (non-hydrogen) atoms. The summed E-state index contributed by atoms with van der Waals surface area (Å²) < 4.78 is 18.5. The smallest absolute Gasteiger partial charge is 0.408 e. The van der Waals surface area contributed by atoms with Crippen LogP contribution in [0.25, 0.3) is 4.85 Å². The van der Waals surface area contributed by atoms with E-state index in [1.165, 1.54) is 4.68 Å². The summed E-state index contributed by atoms with van der Waals surface area (Å²) in [5, 5.41) is 14.8. The summed E-state index contributed by atoms with van der Waals surface area (Å²) >= 11 is 0. The largest absolute Gasteiger partial charge is 0.475 e. The molecule has 0 fully saturated rings. The summed E-state index contributed by atoms with van der Waals surface area (Å²) in [5.74, 6) is 0.744. The molecule has 3 aromatic rings. The van der Waals surface area contributed by atoms with E-state index in [1.54, 1.807) is 45.2 Å². The number of pyridine rings is 1. The Bertz CT molecular complexity index is 1090. The molecule has 1 aromatic carbocycles. The molecule has 0 radical (unpaired) electrons. The molecular weight excluding hydrogens is 450 g/mol. The molecule has 0 aliphatic carbocycles. The van der Waals surface area contributed by atoms with Crippen LogP contribution in [0.4, 0.5) is 4.79 Å². The standard InChI is InChI=1S/C24H29N7O4/c1-24(2,3)35-23(32)27-20(17-33-15-18-10-6-5-7-11-18)22-28-29-30-31(22)19(14-25-4)16-34-21-12-8-9-13-26-21/h5-13,19-20H,14-17H2,1-3H3,(H,27,32)/t19-,20-/m1/s1. The number of hydrogen-bond acceptors (Lipinski definition) is 8. The Morgan fingerprint density at radius 1 is 1.14 bits per heavy atom. The fourth-order valence-corrected chi connectivity index (χ4v) is 3.11. The van der Waals surface area contributed by atoms with Crippen LogP contribution in [0, 0.1) is 6.57 Å². The molecule has 11 nitrogen and oxygen atoms in total. The van der Waals surface area contributed by atoms with E-state index in [1.807, 2.05) is 30.3 Å². The van der Waals surface area contributed by atoms with Gasteiger partial charge in [0.05, 0.1) is 13.2 Å². The second-order valence-electron chi connectivity index (χ2n) is 8.65. The molecule has 0 saturated heterocycles. The Labute approximate surface area is 204 Å². The number of nitrogens with one attached hydrogen (secondary N) is 1. The van der Waals surface area contributed by atoms with Crippen molar-refractivity contribution >= 4 is 6.09 Å². The van der Waals surface area contributed by atoms with Gasteiger partial charge in [-0.1, -0.05) is 36.4 Å². The number of hydrogen-bond donors (Lipinski definition) is 1. The number of ether oxygens (including phenoxy) is 3. The van der Waals surface area contributed by atoms with Gasteiger partial charge in [-0.05, 0) is 42.8 Å². The lowest BCUT2D eigenvalue weighted by molar-refractivity contribution is 0.0414. The molecule has 2 atom stereocenters. The maximum atomic E-state index is 12.6. The number of carbonyl (C=O) groups excluding carboxylic acids is 1. The second kappa shape index (κ2) is 12.4. The van der Waals surface area contributed by atoms with E-state index < -0.39 is 23.8 Å². The molecule has 2 aromatic heterocycles. The van der Waals surface area contributed by atoms with Crippen LogP contribution in [-0.4, -0.2) is 56.6 Å². The summed E-state index contributed by atoms with van der Waals surface area (Å²) in [6.07, 6.45) is 0.985. The van der Waals surface area contributed by atoms with Gasteiger partial charge in [-0.3, -0.25) is 0 Å². The zero-order valence-corrected chi connectivity index (χ0v) is 20.0. The Balaban J connectivity index is 1.78. The summed E-state index contributed by atoms with van der Waals surface area (Å²) in [4.78, 5) is 20.2. The van der Waals surface area contributed by atoms with Gasteiger partial charge in [0.15, 0.2) is 11.9 Å². The van der Waals surface area contributed by atoms with Crippen molar-refractivity contribution in [3.63, 3.8) is 0 Å². The van der Waals surface area contributed by atoms with Crippen LogP contribution in [0.1, 0.15) is 44.2 Å². The summed E-state index contributed by atoms with van der Waals surface area (Å²) in [6, 6.07) is 13.7. The van der Waals surface area contributed by atoms with Crippen LogP contribution in [0.15, 0.2) is 54.7 Å². The van der Waals surface area contributed by atoms with E-state index in [2.05, 4.69) is 30.7 Å². The highest BCUT2D eigenvalue weighted by atomic mass is 16.6. The van der Waals surface area contributed by atoms with E-state index in [9.17, 15) is 4.79 Å². The lowest BCUT2D eigenvalue weighted by atomic mass is 10.2. The Hall–Kier alpha value is -4.04. The average Bonchev–Trinajstić information content (AvgIpc) is 3.31. The molecule has 3 rings (SSSR count). The zero-order valence-electron chi connectivity index (χ0n) is 20.0. The quantitative estimate of drug-likeness (QED) is 0.416. The minimum atomic E-state index is -0.730. The van der Waals surface area contributed by atoms with Crippen molar-refractivity contribution in [1.29, 1.82) is 0 Å². The minimum Gasteiger partial charge on any atom is -0.475 e. The summed E-state index contributed by atoms with van der Waals surface area (Å²) in [5.41, 5.74) is 0.298. The Morgan fingerprint density at radius 2 is 1.91 bits per heavy atom. The first-order valence-corrected chi connectivity index (χ1v) is 11.1. The molecule has 0 spiro atoms. The highest BCUT2D eigenvalue weighted by Crippen LogP contribution is 2.19. The molecule has 0 aliphatic rings. The van der Waals surface area contributed by atoms with Crippen LogP contribution < -0.4 is 10.1 Å². The number of carbonyl (C=O) groups is 1. The van der Waals surface area contributed by atoms with E-state index >= 15 is 0 Å². The minimum absolute atomic E-state index is 0.0644. The molecule has 1 amide bonds.